The summed E-state index contributed by atoms with van der Waals surface area (Å²) >= 11 is 0. The molecular formula is C12H23NO3. The molecule has 0 aliphatic carbocycles. The van der Waals surface area contributed by atoms with Crippen LogP contribution in [0, 0.1) is 5.41 Å². The highest BCUT2D eigenvalue weighted by atomic mass is 16.5. The Hall–Kier alpha value is -0.610. The van der Waals surface area contributed by atoms with E-state index in [1.165, 1.54) is 0 Å². The van der Waals surface area contributed by atoms with Crippen LogP contribution in [-0.4, -0.2) is 48.3 Å². The Morgan fingerprint density at radius 1 is 1.44 bits per heavy atom. The maximum Gasteiger partial charge on any atom is 0.311 e. The first kappa shape index (κ1) is 13.5. The minimum Gasteiger partial charge on any atom is -0.481 e. The number of rotatable bonds is 5. The van der Waals surface area contributed by atoms with Gasteiger partial charge in [0.15, 0.2) is 0 Å². The van der Waals surface area contributed by atoms with Crippen LogP contribution in [0.15, 0.2) is 0 Å². The van der Waals surface area contributed by atoms with Gasteiger partial charge in [0.1, 0.15) is 0 Å². The van der Waals surface area contributed by atoms with Gasteiger partial charge in [0.2, 0.25) is 0 Å². The molecular weight excluding hydrogens is 206 g/mol. The van der Waals surface area contributed by atoms with E-state index in [0.29, 0.717) is 38.6 Å². The van der Waals surface area contributed by atoms with Gasteiger partial charge in [0.05, 0.1) is 5.41 Å². The third-order valence-electron chi connectivity index (χ3n) is 3.55. The van der Waals surface area contributed by atoms with Crippen molar-refractivity contribution in [1.82, 2.24) is 4.90 Å². The molecule has 1 heterocycles. The van der Waals surface area contributed by atoms with Gasteiger partial charge in [-0.3, -0.25) is 4.79 Å². The second kappa shape index (κ2) is 5.64. The number of nitrogens with zero attached hydrogens (tertiary/aromatic N) is 1. The zero-order valence-corrected chi connectivity index (χ0v) is 10.5. The summed E-state index contributed by atoms with van der Waals surface area (Å²) in [7, 11) is 0. The molecule has 0 aromatic rings. The average Bonchev–Trinajstić information content (AvgIpc) is 2.26. The van der Waals surface area contributed by atoms with Crippen LogP contribution in [0.5, 0.6) is 0 Å². The average molecular weight is 229 g/mol. The molecule has 1 N–H and O–H groups in total. The molecule has 4 nitrogen and oxygen atoms in total. The fourth-order valence-corrected chi connectivity index (χ4v) is 2.25. The van der Waals surface area contributed by atoms with Crippen molar-refractivity contribution in [2.45, 2.75) is 39.7 Å². The van der Waals surface area contributed by atoms with Gasteiger partial charge in [-0.25, -0.2) is 0 Å². The highest BCUT2D eigenvalue weighted by Crippen LogP contribution is 2.32. The van der Waals surface area contributed by atoms with E-state index < -0.39 is 11.4 Å². The molecule has 0 saturated carbocycles. The molecule has 0 spiro atoms. The monoisotopic (exact) mass is 229 g/mol. The number of carboxylic acids is 1. The number of hydrogen-bond donors (Lipinski definition) is 1. The van der Waals surface area contributed by atoms with Crippen LogP contribution in [0.4, 0.5) is 0 Å². The summed E-state index contributed by atoms with van der Waals surface area (Å²) in [4.78, 5) is 13.7. The predicted octanol–water partition coefficient (Wildman–Crippen LogP) is 1.60. The van der Waals surface area contributed by atoms with E-state index in [1.54, 1.807) is 0 Å². The summed E-state index contributed by atoms with van der Waals surface area (Å²) in [6.45, 7) is 8.98. The Labute approximate surface area is 97.6 Å². The van der Waals surface area contributed by atoms with Gasteiger partial charge in [-0.2, -0.15) is 0 Å². The lowest BCUT2D eigenvalue weighted by molar-refractivity contribution is -0.157. The number of carboxylic acid groups (broad SMARTS) is 1. The van der Waals surface area contributed by atoms with E-state index in [1.807, 2.05) is 0 Å². The van der Waals surface area contributed by atoms with E-state index in [0.717, 1.165) is 6.54 Å². The third kappa shape index (κ3) is 2.95. The first-order valence-corrected chi connectivity index (χ1v) is 6.07. The summed E-state index contributed by atoms with van der Waals surface area (Å²) in [5, 5.41) is 9.43. The zero-order valence-electron chi connectivity index (χ0n) is 10.5. The topological polar surface area (TPSA) is 49.8 Å². The van der Waals surface area contributed by atoms with Gasteiger partial charge in [-0.1, -0.05) is 6.92 Å². The van der Waals surface area contributed by atoms with Crippen LogP contribution >= 0.6 is 0 Å². The largest absolute Gasteiger partial charge is 0.481 e. The van der Waals surface area contributed by atoms with Crippen LogP contribution in [0.2, 0.25) is 0 Å². The molecule has 4 heteroatoms. The summed E-state index contributed by atoms with van der Waals surface area (Å²) in [6, 6.07) is 0.393. The normalized spacial score (nSPS) is 20.3. The van der Waals surface area contributed by atoms with Gasteiger partial charge in [0.25, 0.3) is 0 Å². The number of ether oxygens (including phenoxy) is 1. The van der Waals surface area contributed by atoms with E-state index in [9.17, 15) is 9.90 Å². The Kier molecular flexibility index (Phi) is 4.74. The van der Waals surface area contributed by atoms with Crippen molar-refractivity contribution in [1.29, 1.82) is 0 Å². The summed E-state index contributed by atoms with van der Waals surface area (Å²) in [6.07, 6.45) is 1.26. The lowest BCUT2D eigenvalue weighted by atomic mass is 9.79. The molecule has 0 bridgehead atoms. The number of aliphatic carboxylic acids is 1. The van der Waals surface area contributed by atoms with Crippen molar-refractivity contribution in [2.24, 2.45) is 5.41 Å². The highest BCUT2D eigenvalue weighted by molar-refractivity contribution is 5.75. The quantitative estimate of drug-likeness (QED) is 0.778. The van der Waals surface area contributed by atoms with Gasteiger partial charge in [-0.05, 0) is 33.2 Å². The summed E-state index contributed by atoms with van der Waals surface area (Å²) in [5.41, 5.74) is -0.599. The van der Waals surface area contributed by atoms with Crippen LogP contribution < -0.4 is 0 Å². The van der Waals surface area contributed by atoms with Gasteiger partial charge in [0, 0.05) is 25.8 Å². The van der Waals surface area contributed by atoms with Gasteiger partial charge >= 0.3 is 5.97 Å². The first-order chi connectivity index (χ1) is 7.52. The minimum absolute atomic E-state index is 0.393. The second-order valence-corrected chi connectivity index (χ2v) is 4.85. The molecule has 16 heavy (non-hydrogen) atoms. The number of hydrogen-bond acceptors (Lipinski definition) is 3. The van der Waals surface area contributed by atoms with E-state index in [-0.39, 0.29) is 0 Å². The fraction of sp³-hybridized carbons (Fsp3) is 0.917. The molecule has 0 amide bonds. The summed E-state index contributed by atoms with van der Waals surface area (Å²) < 4.78 is 5.27. The molecule has 0 radical (unpaired) electrons. The molecule has 94 valence electrons. The lowest BCUT2D eigenvalue weighted by Gasteiger charge is -2.38. The second-order valence-electron chi connectivity index (χ2n) is 4.85. The van der Waals surface area contributed by atoms with Crippen molar-refractivity contribution < 1.29 is 14.6 Å². The van der Waals surface area contributed by atoms with Crippen molar-refractivity contribution in [2.75, 3.05) is 26.3 Å². The van der Waals surface area contributed by atoms with E-state index in [2.05, 4.69) is 25.7 Å². The molecule has 0 aromatic carbocycles. The molecule has 1 aliphatic rings. The Bertz CT molecular complexity index is 234. The SMILES string of the molecule is CCN(CC1(C(=O)O)CCOCC1)C(C)C. The van der Waals surface area contributed by atoms with Crippen LogP contribution in [0.3, 0.4) is 0 Å². The molecule has 1 rings (SSSR count). The lowest BCUT2D eigenvalue weighted by Crippen LogP contribution is -2.48. The maximum atomic E-state index is 11.5. The Morgan fingerprint density at radius 2 is 2.00 bits per heavy atom. The maximum absolute atomic E-state index is 11.5. The van der Waals surface area contributed by atoms with Crippen molar-refractivity contribution in [3.05, 3.63) is 0 Å². The molecule has 1 aliphatic heterocycles. The standard InChI is InChI=1S/C12H23NO3/c1-4-13(10(2)3)9-12(11(14)15)5-7-16-8-6-12/h10H,4-9H2,1-3H3,(H,14,15). The van der Waals surface area contributed by atoms with Crippen LogP contribution in [0.1, 0.15) is 33.6 Å². The zero-order chi connectivity index (χ0) is 12.2. The van der Waals surface area contributed by atoms with Crippen molar-refractivity contribution in [3.8, 4) is 0 Å². The summed E-state index contributed by atoms with van der Waals surface area (Å²) in [5.74, 6) is -0.671. The fourth-order valence-electron chi connectivity index (χ4n) is 2.25. The van der Waals surface area contributed by atoms with E-state index >= 15 is 0 Å². The molecule has 0 aromatic heterocycles. The van der Waals surface area contributed by atoms with Crippen LogP contribution in [-0.2, 0) is 9.53 Å². The molecule has 1 fully saturated rings. The first-order valence-electron chi connectivity index (χ1n) is 6.07. The number of carbonyl (C=O) groups is 1. The smallest absolute Gasteiger partial charge is 0.311 e. The van der Waals surface area contributed by atoms with Crippen molar-refractivity contribution in [3.63, 3.8) is 0 Å². The molecule has 1 saturated heterocycles. The Balaban J connectivity index is 2.73. The van der Waals surface area contributed by atoms with Crippen molar-refractivity contribution >= 4 is 5.97 Å². The minimum atomic E-state index is -0.671. The van der Waals surface area contributed by atoms with Gasteiger partial charge in [-0.15, -0.1) is 0 Å². The van der Waals surface area contributed by atoms with Gasteiger partial charge < -0.3 is 14.7 Å². The third-order valence-corrected chi connectivity index (χ3v) is 3.55. The molecule has 0 unspecified atom stereocenters. The molecule has 0 atom stereocenters. The highest BCUT2D eigenvalue weighted by Gasteiger charge is 2.41. The van der Waals surface area contributed by atoms with E-state index in [4.69, 9.17) is 4.74 Å². The van der Waals surface area contributed by atoms with Crippen LogP contribution in [0.25, 0.3) is 0 Å². The predicted molar refractivity (Wildman–Crippen MR) is 62.5 cm³/mol. The Morgan fingerprint density at radius 3 is 2.38 bits per heavy atom.